The van der Waals surface area contributed by atoms with Gasteiger partial charge in [0.25, 0.3) is 0 Å². The van der Waals surface area contributed by atoms with Gasteiger partial charge in [0.05, 0.1) is 10.6 Å². The number of carbonyl (C=O) groups excluding carboxylic acids is 1. The van der Waals surface area contributed by atoms with Crippen molar-refractivity contribution in [3.05, 3.63) is 29.8 Å². The van der Waals surface area contributed by atoms with Gasteiger partial charge in [-0.15, -0.1) is 0 Å². The van der Waals surface area contributed by atoms with E-state index in [-0.39, 0.29) is 22.9 Å². The summed E-state index contributed by atoms with van der Waals surface area (Å²) in [6.45, 7) is 3.29. The number of hydrogen-bond acceptors (Lipinski definition) is 3. The molecule has 1 aromatic carbocycles. The fraction of sp³-hybridized carbons (Fsp3) is 0.364. The van der Waals surface area contributed by atoms with Gasteiger partial charge in [-0.1, -0.05) is 17.7 Å². The summed E-state index contributed by atoms with van der Waals surface area (Å²) in [7, 11) is -3.29. The average Bonchev–Trinajstić information content (AvgIpc) is 2.16. The molecule has 0 aliphatic rings. The maximum Gasteiger partial charge on any atom is 0.178 e. The van der Waals surface area contributed by atoms with Gasteiger partial charge < -0.3 is 0 Å². The zero-order valence-electron chi connectivity index (χ0n) is 8.86. The predicted octanol–water partition coefficient (Wildman–Crippen LogP) is 1.75. The van der Waals surface area contributed by atoms with Crippen molar-refractivity contribution in [1.29, 1.82) is 0 Å². The van der Waals surface area contributed by atoms with E-state index in [1.54, 1.807) is 24.3 Å². The number of carbonyl (C=O) groups is 1. The van der Waals surface area contributed by atoms with E-state index in [1.165, 1.54) is 6.92 Å². The van der Waals surface area contributed by atoms with Crippen molar-refractivity contribution in [3.8, 4) is 0 Å². The fourth-order valence-electron chi connectivity index (χ4n) is 1.14. The Balaban J connectivity index is 2.87. The summed E-state index contributed by atoms with van der Waals surface area (Å²) in [5.74, 6) is -0.212. The minimum Gasteiger partial charge on any atom is -0.300 e. The molecular formula is C11H14O3S. The number of Topliss-reactive ketones (excluding diaryl/α,β-unsaturated/α-hetero) is 1. The normalized spacial score (nSPS) is 11.3. The van der Waals surface area contributed by atoms with Crippen LogP contribution in [0.1, 0.15) is 18.9 Å². The van der Waals surface area contributed by atoms with E-state index in [9.17, 15) is 13.2 Å². The van der Waals surface area contributed by atoms with E-state index in [0.717, 1.165) is 5.56 Å². The molecule has 0 saturated heterocycles. The second-order valence-corrected chi connectivity index (χ2v) is 5.69. The van der Waals surface area contributed by atoms with Crippen LogP contribution in [0, 0.1) is 6.92 Å². The number of aryl methyl sites for hydroxylation is 1. The van der Waals surface area contributed by atoms with Crippen molar-refractivity contribution in [2.24, 2.45) is 0 Å². The van der Waals surface area contributed by atoms with Gasteiger partial charge in [0.15, 0.2) is 9.84 Å². The highest BCUT2D eigenvalue weighted by Crippen LogP contribution is 2.12. The molecule has 4 heteroatoms. The van der Waals surface area contributed by atoms with Crippen molar-refractivity contribution in [2.45, 2.75) is 25.2 Å². The van der Waals surface area contributed by atoms with E-state index in [0.29, 0.717) is 0 Å². The van der Waals surface area contributed by atoms with Gasteiger partial charge in [-0.3, -0.25) is 4.79 Å². The quantitative estimate of drug-likeness (QED) is 0.786. The summed E-state index contributed by atoms with van der Waals surface area (Å²) >= 11 is 0. The van der Waals surface area contributed by atoms with Crippen LogP contribution < -0.4 is 0 Å². The molecule has 0 heterocycles. The molecule has 0 aromatic heterocycles. The molecule has 0 spiro atoms. The third-order valence-corrected chi connectivity index (χ3v) is 3.83. The predicted molar refractivity (Wildman–Crippen MR) is 58.5 cm³/mol. The Labute approximate surface area is 90.0 Å². The van der Waals surface area contributed by atoms with Gasteiger partial charge in [-0.25, -0.2) is 8.42 Å². The molecule has 0 atom stereocenters. The van der Waals surface area contributed by atoms with Crippen LogP contribution in [0.3, 0.4) is 0 Å². The summed E-state index contributed by atoms with van der Waals surface area (Å²) < 4.78 is 23.4. The molecule has 3 nitrogen and oxygen atoms in total. The third kappa shape index (κ3) is 3.47. The van der Waals surface area contributed by atoms with Gasteiger partial charge >= 0.3 is 0 Å². The number of hydrogen-bond donors (Lipinski definition) is 0. The first-order chi connectivity index (χ1) is 6.92. The second kappa shape index (κ2) is 4.57. The lowest BCUT2D eigenvalue weighted by Crippen LogP contribution is -2.09. The van der Waals surface area contributed by atoms with Crippen LogP contribution in [0.15, 0.2) is 29.2 Å². The van der Waals surface area contributed by atoms with Crippen molar-refractivity contribution in [1.82, 2.24) is 0 Å². The summed E-state index contributed by atoms with van der Waals surface area (Å²) in [5.41, 5.74) is 1.01. The maximum absolute atomic E-state index is 11.7. The summed E-state index contributed by atoms with van der Waals surface area (Å²) in [6, 6.07) is 6.65. The first-order valence-electron chi connectivity index (χ1n) is 4.71. The third-order valence-electron chi connectivity index (χ3n) is 2.10. The Morgan fingerprint density at radius 3 is 2.20 bits per heavy atom. The SMILES string of the molecule is CC(=O)CCS(=O)(=O)c1ccc(C)cc1. The molecule has 15 heavy (non-hydrogen) atoms. The molecule has 0 radical (unpaired) electrons. The molecule has 0 N–H and O–H groups in total. The van der Waals surface area contributed by atoms with Crippen LogP contribution in [-0.2, 0) is 14.6 Å². The molecule has 0 unspecified atom stereocenters. The van der Waals surface area contributed by atoms with Gasteiger partial charge in [0.1, 0.15) is 5.78 Å². The van der Waals surface area contributed by atoms with Gasteiger partial charge in [-0.2, -0.15) is 0 Å². The molecule has 0 amide bonds. The van der Waals surface area contributed by atoms with Gasteiger partial charge in [0, 0.05) is 6.42 Å². The molecule has 0 aliphatic heterocycles. The van der Waals surface area contributed by atoms with E-state index in [2.05, 4.69) is 0 Å². The number of ketones is 1. The van der Waals surface area contributed by atoms with E-state index in [1.807, 2.05) is 6.92 Å². The highest BCUT2D eigenvalue weighted by Gasteiger charge is 2.14. The van der Waals surface area contributed by atoms with Crippen LogP contribution >= 0.6 is 0 Å². The zero-order valence-corrected chi connectivity index (χ0v) is 9.67. The Kier molecular flexibility index (Phi) is 3.63. The van der Waals surface area contributed by atoms with Gasteiger partial charge in [0.2, 0.25) is 0 Å². The lowest BCUT2D eigenvalue weighted by molar-refractivity contribution is -0.116. The minimum atomic E-state index is -3.29. The Morgan fingerprint density at radius 2 is 1.73 bits per heavy atom. The zero-order chi connectivity index (χ0) is 11.5. The van der Waals surface area contributed by atoms with Crippen molar-refractivity contribution >= 4 is 15.6 Å². The molecule has 0 bridgehead atoms. The Morgan fingerprint density at radius 1 is 1.20 bits per heavy atom. The molecule has 82 valence electrons. The molecule has 0 fully saturated rings. The van der Waals surface area contributed by atoms with Crippen LogP contribution in [0.5, 0.6) is 0 Å². The first-order valence-corrected chi connectivity index (χ1v) is 6.36. The number of benzene rings is 1. The first kappa shape index (κ1) is 11.9. The molecular weight excluding hydrogens is 212 g/mol. The standard InChI is InChI=1S/C11H14O3S/c1-9-3-5-11(6-4-9)15(13,14)8-7-10(2)12/h3-6H,7-8H2,1-2H3. The molecule has 0 saturated carbocycles. The van der Waals surface area contributed by atoms with E-state index >= 15 is 0 Å². The van der Waals surface area contributed by atoms with Crippen LogP contribution in [0.25, 0.3) is 0 Å². The minimum absolute atomic E-state index is 0.0796. The van der Waals surface area contributed by atoms with Crippen molar-refractivity contribution < 1.29 is 13.2 Å². The second-order valence-electron chi connectivity index (χ2n) is 3.58. The summed E-state index contributed by atoms with van der Waals surface area (Å²) in [5, 5.41) is 0. The largest absolute Gasteiger partial charge is 0.300 e. The van der Waals surface area contributed by atoms with E-state index in [4.69, 9.17) is 0 Å². The molecule has 0 aliphatic carbocycles. The smallest absolute Gasteiger partial charge is 0.178 e. The van der Waals surface area contributed by atoms with Crippen LogP contribution in [0.4, 0.5) is 0 Å². The van der Waals surface area contributed by atoms with Crippen LogP contribution in [-0.4, -0.2) is 20.0 Å². The van der Waals surface area contributed by atoms with Crippen molar-refractivity contribution in [3.63, 3.8) is 0 Å². The van der Waals surface area contributed by atoms with Gasteiger partial charge in [-0.05, 0) is 26.0 Å². The van der Waals surface area contributed by atoms with Crippen LogP contribution in [0.2, 0.25) is 0 Å². The summed E-state index contributed by atoms with van der Waals surface area (Å²) in [4.78, 5) is 11.0. The Hall–Kier alpha value is -1.16. The Bertz CT molecular complexity index is 443. The number of sulfone groups is 1. The summed E-state index contributed by atoms with van der Waals surface area (Å²) in [6.07, 6.45) is 0.0796. The molecule has 1 aromatic rings. The highest BCUT2D eigenvalue weighted by atomic mass is 32.2. The highest BCUT2D eigenvalue weighted by molar-refractivity contribution is 7.91. The monoisotopic (exact) mass is 226 g/mol. The fourth-order valence-corrected chi connectivity index (χ4v) is 2.48. The number of rotatable bonds is 4. The topological polar surface area (TPSA) is 51.2 Å². The lowest BCUT2D eigenvalue weighted by Gasteiger charge is -2.03. The average molecular weight is 226 g/mol. The maximum atomic E-state index is 11.7. The molecule has 1 rings (SSSR count). The lowest BCUT2D eigenvalue weighted by atomic mass is 10.2. The van der Waals surface area contributed by atoms with Crippen molar-refractivity contribution in [2.75, 3.05) is 5.75 Å². The van der Waals surface area contributed by atoms with E-state index < -0.39 is 9.84 Å².